The highest BCUT2D eigenvalue weighted by atomic mass is 19.4. The van der Waals surface area contributed by atoms with E-state index in [1.807, 2.05) is 31.9 Å². The van der Waals surface area contributed by atoms with E-state index in [1.54, 1.807) is 6.07 Å². The quantitative estimate of drug-likeness (QED) is 0.664. The number of amides is 1. The van der Waals surface area contributed by atoms with Crippen molar-refractivity contribution in [2.45, 2.75) is 45.3 Å². The van der Waals surface area contributed by atoms with Gasteiger partial charge in [-0.3, -0.25) is 15.1 Å². The second-order valence-electron chi connectivity index (χ2n) is 8.31. The van der Waals surface area contributed by atoms with Gasteiger partial charge in [-0.05, 0) is 41.7 Å². The number of aromatic nitrogens is 1. The van der Waals surface area contributed by atoms with Gasteiger partial charge in [0.05, 0.1) is 18.7 Å². The molecule has 176 valence electrons. The number of pyridine rings is 1. The van der Waals surface area contributed by atoms with Crippen molar-refractivity contribution in [3.63, 3.8) is 0 Å². The normalized spacial score (nSPS) is 16.5. The molecular weight excluding hydrogens is 435 g/mol. The molecule has 0 saturated heterocycles. The van der Waals surface area contributed by atoms with E-state index in [4.69, 9.17) is 4.74 Å². The molecular formula is C23H26F3N5O2. The fraction of sp³-hybridized carbons (Fsp3) is 0.435. The molecule has 0 aliphatic carbocycles. The van der Waals surface area contributed by atoms with Crippen LogP contribution < -0.4 is 15.1 Å². The molecule has 33 heavy (non-hydrogen) atoms. The van der Waals surface area contributed by atoms with E-state index in [2.05, 4.69) is 15.5 Å². The summed E-state index contributed by atoms with van der Waals surface area (Å²) in [5, 5.41) is 4.30. The van der Waals surface area contributed by atoms with Crippen molar-refractivity contribution >= 4 is 17.6 Å². The molecule has 0 bridgehead atoms. The lowest BCUT2D eigenvalue weighted by Gasteiger charge is -2.21. The summed E-state index contributed by atoms with van der Waals surface area (Å²) >= 11 is 0. The minimum atomic E-state index is -4.54. The second-order valence-corrected chi connectivity index (χ2v) is 8.31. The summed E-state index contributed by atoms with van der Waals surface area (Å²) in [5.41, 5.74) is 3.04. The zero-order chi connectivity index (χ0) is 23.8. The maximum absolute atomic E-state index is 13.5. The van der Waals surface area contributed by atoms with Gasteiger partial charge in [-0.25, -0.2) is 0 Å². The molecule has 2 aliphatic rings. The Bertz CT molecular complexity index is 1090. The van der Waals surface area contributed by atoms with Crippen LogP contribution in [0.4, 0.5) is 19.0 Å². The third kappa shape index (κ3) is 4.60. The zero-order valence-corrected chi connectivity index (χ0v) is 18.7. The van der Waals surface area contributed by atoms with Gasteiger partial charge < -0.3 is 9.64 Å². The van der Waals surface area contributed by atoms with Gasteiger partial charge in [-0.1, -0.05) is 19.9 Å². The average Bonchev–Trinajstić information content (AvgIpc) is 3.34. The van der Waals surface area contributed by atoms with E-state index >= 15 is 0 Å². The Hall–Kier alpha value is -3.30. The lowest BCUT2D eigenvalue weighted by atomic mass is 9.97. The molecule has 0 saturated carbocycles. The maximum Gasteiger partial charge on any atom is 0.416 e. The predicted molar refractivity (Wildman–Crippen MR) is 118 cm³/mol. The molecule has 1 N–H and O–H groups in total. The van der Waals surface area contributed by atoms with E-state index in [0.29, 0.717) is 25.6 Å². The van der Waals surface area contributed by atoms with Crippen molar-refractivity contribution in [1.29, 1.82) is 0 Å². The number of nitrogens with zero attached hydrogens (tertiary/aromatic N) is 4. The monoisotopic (exact) mass is 461 g/mol. The van der Waals surface area contributed by atoms with Crippen LogP contribution in [-0.2, 0) is 12.7 Å². The second kappa shape index (κ2) is 8.92. The van der Waals surface area contributed by atoms with Crippen LogP contribution in [0, 0.1) is 0 Å². The number of carbonyl (C=O) groups excluding carboxylic acids is 1. The van der Waals surface area contributed by atoms with E-state index in [-0.39, 0.29) is 29.4 Å². The number of nitrogens with one attached hydrogen (secondary N) is 1. The van der Waals surface area contributed by atoms with Crippen molar-refractivity contribution in [3.05, 3.63) is 52.6 Å². The molecule has 7 nitrogen and oxygen atoms in total. The van der Waals surface area contributed by atoms with Crippen molar-refractivity contribution in [1.82, 2.24) is 15.3 Å². The topological polar surface area (TPSA) is 70.1 Å². The smallest absolute Gasteiger partial charge is 0.416 e. The highest BCUT2D eigenvalue weighted by Gasteiger charge is 2.40. The number of carbonyl (C=O) groups is 1. The lowest BCUT2D eigenvalue weighted by molar-refractivity contribution is -0.138. The first-order chi connectivity index (χ1) is 15.7. The first-order valence-corrected chi connectivity index (χ1v) is 10.8. The van der Waals surface area contributed by atoms with Gasteiger partial charge in [0.1, 0.15) is 18.3 Å². The summed E-state index contributed by atoms with van der Waals surface area (Å²) in [7, 11) is 1.94. The van der Waals surface area contributed by atoms with E-state index < -0.39 is 17.6 Å². The van der Waals surface area contributed by atoms with Crippen LogP contribution in [0.5, 0.6) is 5.88 Å². The minimum absolute atomic E-state index is 0.0163. The van der Waals surface area contributed by atoms with E-state index in [1.165, 1.54) is 17.0 Å². The number of benzene rings is 1. The molecule has 1 amide bonds. The summed E-state index contributed by atoms with van der Waals surface area (Å²) in [6.45, 7) is 4.88. The number of fused-ring (bicyclic) bond motifs is 1. The molecule has 0 unspecified atom stereocenters. The van der Waals surface area contributed by atoms with Crippen LogP contribution in [0.15, 0.2) is 35.4 Å². The largest absolute Gasteiger partial charge is 0.478 e. The SMILES string of the molecule is CCCOc1cc([C@H](C)CC2=NNCN2C)cc(N2Cc3c(cccc3C(F)(F)F)C2=O)n1. The molecule has 1 aromatic carbocycles. The number of hydrogen-bond acceptors (Lipinski definition) is 6. The molecule has 0 fully saturated rings. The van der Waals surface area contributed by atoms with Gasteiger partial charge in [-0.15, -0.1) is 0 Å². The van der Waals surface area contributed by atoms with Gasteiger partial charge in [0.2, 0.25) is 5.88 Å². The van der Waals surface area contributed by atoms with Gasteiger partial charge >= 0.3 is 6.18 Å². The fourth-order valence-electron chi connectivity index (χ4n) is 4.00. The van der Waals surface area contributed by atoms with Gasteiger partial charge in [0.15, 0.2) is 0 Å². The molecule has 0 radical (unpaired) electrons. The molecule has 2 aromatic rings. The summed E-state index contributed by atoms with van der Waals surface area (Å²) in [5.74, 6) is 1.04. The van der Waals surface area contributed by atoms with Crippen LogP contribution in [0.25, 0.3) is 0 Å². The van der Waals surface area contributed by atoms with Gasteiger partial charge in [0, 0.05) is 25.1 Å². The lowest BCUT2D eigenvalue weighted by Crippen LogP contribution is -2.26. The molecule has 0 spiro atoms. The van der Waals surface area contributed by atoms with Crippen molar-refractivity contribution in [3.8, 4) is 5.88 Å². The van der Waals surface area contributed by atoms with Crippen LogP contribution >= 0.6 is 0 Å². The summed E-state index contributed by atoms with van der Waals surface area (Å²) < 4.78 is 46.3. The number of ether oxygens (including phenoxy) is 1. The first kappa shape index (κ1) is 22.9. The Morgan fingerprint density at radius 1 is 1.27 bits per heavy atom. The van der Waals surface area contributed by atoms with Crippen LogP contribution in [0.2, 0.25) is 0 Å². The number of anilines is 1. The summed E-state index contributed by atoms with van der Waals surface area (Å²) in [4.78, 5) is 20.8. The number of rotatable bonds is 7. The Morgan fingerprint density at radius 2 is 2.06 bits per heavy atom. The van der Waals surface area contributed by atoms with Crippen molar-refractivity contribution < 1.29 is 22.7 Å². The molecule has 1 aromatic heterocycles. The third-order valence-corrected chi connectivity index (χ3v) is 5.83. The van der Waals surface area contributed by atoms with Crippen LogP contribution in [0.3, 0.4) is 0 Å². The predicted octanol–water partition coefficient (Wildman–Crippen LogP) is 4.35. The number of hydrogen-bond donors (Lipinski definition) is 1. The average molecular weight is 461 g/mol. The Morgan fingerprint density at radius 3 is 2.73 bits per heavy atom. The molecule has 10 heteroatoms. The highest BCUT2D eigenvalue weighted by Crippen LogP contribution is 2.39. The van der Waals surface area contributed by atoms with Gasteiger partial charge in [0.25, 0.3) is 5.91 Å². The van der Waals surface area contributed by atoms with Crippen LogP contribution in [0.1, 0.15) is 59.7 Å². The number of halogens is 3. The van der Waals surface area contributed by atoms with Gasteiger partial charge in [-0.2, -0.15) is 23.3 Å². The third-order valence-electron chi connectivity index (χ3n) is 5.83. The minimum Gasteiger partial charge on any atom is -0.478 e. The zero-order valence-electron chi connectivity index (χ0n) is 18.7. The van der Waals surface area contributed by atoms with E-state index in [9.17, 15) is 18.0 Å². The van der Waals surface area contributed by atoms with E-state index in [0.717, 1.165) is 23.9 Å². The summed E-state index contributed by atoms with van der Waals surface area (Å²) in [6.07, 6.45) is -3.12. The summed E-state index contributed by atoms with van der Waals surface area (Å²) in [6, 6.07) is 7.27. The molecule has 1 atom stereocenters. The Kier molecular flexibility index (Phi) is 6.18. The number of hydrazone groups is 1. The Labute approximate surface area is 190 Å². The van der Waals surface area contributed by atoms with Crippen LogP contribution in [-0.4, -0.2) is 41.9 Å². The Balaban J connectivity index is 1.68. The maximum atomic E-state index is 13.5. The molecule has 3 heterocycles. The van der Waals surface area contributed by atoms with Crippen molar-refractivity contribution in [2.24, 2.45) is 5.10 Å². The number of alkyl halides is 3. The van der Waals surface area contributed by atoms with Crippen molar-refractivity contribution in [2.75, 3.05) is 25.2 Å². The fourth-order valence-corrected chi connectivity index (χ4v) is 4.00. The number of amidine groups is 1. The first-order valence-electron chi connectivity index (χ1n) is 10.8. The molecule has 2 aliphatic heterocycles. The highest BCUT2D eigenvalue weighted by molar-refractivity contribution is 6.09. The standard InChI is InChI=1S/C23H26F3N5O2/c1-4-8-33-21-11-15(14(2)9-20-29-27-13-30(20)3)10-19(28-21)31-12-17-16(22(31)32)6-5-7-18(17)23(24,25)26/h5-7,10-11,14,27H,4,8-9,12-13H2,1-3H3/t14-/m1/s1. The molecule has 4 rings (SSSR count).